The van der Waals surface area contributed by atoms with Gasteiger partial charge in [-0.25, -0.2) is 0 Å². The molecule has 0 aliphatic heterocycles. The molecule has 0 radical (unpaired) electrons. The Hall–Kier alpha value is -2.77. The topological polar surface area (TPSA) is 63.1 Å². The fourth-order valence-corrected chi connectivity index (χ4v) is 2.88. The molecule has 2 aromatic rings. The van der Waals surface area contributed by atoms with Crippen molar-refractivity contribution in [1.82, 2.24) is 15.4 Å². The lowest BCUT2D eigenvalue weighted by molar-refractivity contribution is -0.138. The first kappa shape index (κ1) is 17.1. The SMILES string of the molecule is Cn1cccc1C(=O)NNC(=O)C1CC1c1ccccc1C(F)(F)F. The quantitative estimate of drug-likeness (QED) is 0.835. The van der Waals surface area contributed by atoms with Gasteiger partial charge in [0.25, 0.3) is 5.91 Å². The van der Waals surface area contributed by atoms with Crippen molar-refractivity contribution in [2.24, 2.45) is 13.0 Å². The third-order valence-electron chi connectivity index (χ3n) is 4.27. The summed E-state index contributed by atoms with van der Waals surface area (Å²) in [5.74, 6) is -2.07. The molecular weight excluding hydrogens is 335 g/mol. The maximum Gasteiger partial charge on any atom is 0.416 e. The smallest absolute Gasteiger partial charge is 0.347 e. The molecule has 2 N–H and O–H groups in total. The molecule has 2 amide bonds. The molecule has 0 spiro atoms. The van der Waals surface area contributed by atoms with E-state index in [2.05, 4.69) is 10.9 Å². The number of aromatic nitrogens is 1. The number of hydrazine groups is 1. The third-order valence-corrected chi connectivity index (χ3v) is 4.27. The molecule has 132 valence electrons. The van der Waals surface area contributed by atoms with E-state index in [1.165, 1.54) is 18.2 Å². The Bertz CT molecular complexity index is 813. The van der Waals surface area contributed by atoms with Gasteiger partial charge in [-0.05, 0) is 36.1 Å². The Morgan fingerprint density at radius 1 is 1.12 bits per heavy atom. The molecule has 0 saturated heterocycles. The zero-order valence-electron chi connectivity index (χ0n) is 13.3. The van der Waals surface area contributed by atoms with Crippen LogP contribution in [0.25, 0.3) is 0 Å². The molecule has 0 bridgehead atoms. The number of amides is 2. The van der Waals surface area contributed by atoms with E-state index in [1.54, 1.807) is 29.9 Å². The Morgan fingerprint density at radius 2 is 1.84 bits per heavy atom. The maximum absolute atomic E-state index is 13.1. The second-order valence-electron chi connectivity index (χ2n) is 5.98. The van der Waals surface area contributed by atoms with Gasteiger partial charge in [0.2, 0.25) is 5.91 Å². The number of carbonyl (C=O) groups excluding carboxylic acids is 2. The van der Waals surface area contributed by atoms with Gasteiger partial charge in [0.15, 0.2) is 0 Å². The highest BCUT2D eigenvalue weighted by atomic mass is 19.4. The van der Waals surface area contributed by atoms with Crippen LogP contribution in [0.2, 0.25) is 0 Å². The zero-order valence-corrected chi connectivity index (χ0v) is 13.3. The first-order chi connectivity index (χ1) is 11.8. The molecule has 1 saturated carbocycles. The number of rotatable bonds is 3. The lowest BCUT2D eigenvalue weighted by atomic mass is 10.0. The van der Waals surface area contributed by atoms with Crippen LogP contribution in [0.5, 0.6) is 0 Å². The molecule has 1 aromatic heterocycles. The molecular formula is C17H16F3N3O2. The van der Waals surface area contributed by atoms with Crippen LogP contribution in [0.3, 0.4) is 0 Å². The molecule has 1 aliphatic carbocycles. The van der Waals surface area contributed by atoms with Gasteiger partial charge in [-0.3, -0.25) is 20.4 Å². The predicted octanol–water partition coefficient (Wildman–Crippen LogP) is 2.61. The van der Waals surface area contributed by atoms with Gasteiger partial charge in [0.1, 0.15) is 5.69 Å². The number of benzene rings is 1. The van der Waals surface area contributed by atoms with Crippen LogP contribution in [0.1, 0.15) is 34.0 Å². The van der Waals surface area contributed by atoms with Crippen molar-refractivity contribution in [3.63, 3.8) is 0 Å². The molecule has 1 aromatic carbocycles. The third kappa shape index (κ3) is 3.52. The standard InChI is InChI=1S/C17H16F3N3O2/c1-23-8-4-7-14(23)16(25)22-21-15(24)12-9-11(12)10-5-2-3-6-13(10)17(18,19)20/h2-8,11-12H,9H2,1H3,(H,21,24)(H,22,25). The molecule has 5 nitrogen and oxygen atoms in total. The monoisotopic (exact) mass is 351 g/mol. The molecule has 25 heavy (non-hydrogen) atoms. The Kier molecular flexibility index (Phi) is 4.28. The number of hydrogen-bond donors (Lipinski definition) is 2. The minimum absolute atomic E-state index is 0.115. The highest BCUT2D eigenvalue weighted by Crippen LogP contribution is 2.50. The molecule has 1 heterocycles. The van der Waals surface area contributed by atoms with Crippen molar-refractivity contribution in [1.29, 1.82) is 0 Å². The average molecular weight is 351 g/mol. The molecule has 2 unspecified atom stereocenters. The van der Waals surface area contributed by atoms with Crippen molar-refractivity contribution >= 4 is 11.8 Å². The van der Waals surface area contributed by atoms with Crippen molar-refractivity contribution in [2.45, 2.75) is 18.5 Å². The van der Waals surface area contributed by atoms with E-state index in [1.807, 2.05) is 0 Å². The summed E-state index contributed by atoms with van der Waals surface area (Å²) in [7, 11) is 1.68. The van der Waals surface area contributed by atoms with Crippen LogP contribution in [0.15, 0.2) is 42.6 Å². The first-order valence-corrected chi connectivity index (χ1v) is 7.66. The summed E-state index contributed by atoms with van der Waals surface area (Å²) in [6.07, 6.45) is -2.46. The van der Waals surface area contributed by atoms with Gasteiger partial charge in [-0.1, -0.05) is 18.2 Å². The number of nitrogens with zero attached hydrogens (tertiary/aromatic N) is 1. The highest BCUT2D eigenvalue weighted by Gasteiger charge is 2.47. The van der Waals surface area contributed by atoms with Crippen LogP contribution in [0, 0.1) is 5.92 Å². The van der Waals surface area contributed by atoms with E-state index >= 15 is 0 Å². The zero-order chi connectivity index (χ0) is 18.2. The second kappa shape index (κ2) is 6.27. The fraction of sp³-hybridized carbons (Fsp3) is 0.294. The molecule has 1 aliphatic rings. The van der Waals surface area contributed by atoms with Crippen LogP contribution >= 0.6 is 0 Å². The Balaban J connectivity index is 1.62. The summed E-state index contributed by atoms with van der Waals surface area (Å²) in [4.78, 5) is 24.0. The number of aryl methyl sites for hydroxylation is 1. The first-order valence-electron chi connectivity index (χ1n) is 7.66. The Labute approximate surface area is 141 Å². The number of alkyl halides is 3. The molecule has 2 atom stereocenters. The predicted molar refractivity (Wildman–Crippen MR) is 83.3 cm³/mol. The van der Waals surface area contributed by atoms with E-state index in [9.17, 15) is 22.8 Å². The summed E-state index contributed by atoms with van der Waals surface area (Å²) in [6, 6.07) is 8.52. The van der Waals surface area contributed by atoms with E-state index in [-0.39, 0.29) is 5.56 Å². The van der Waals surface area contributed by atoms with Gasteiger partial charge in [-0.15, -0.1) is 0 Å². The van der Waals surface area contributed by atoms with Crippen molar-refractivity contribution in [2.75, 3.05) is 0 Å². The lowest BCUT2D eigenvalue weighted by Crippen LogP contribution is -2.43. The van der Waals surface area contributed by atoms with E-state index in [4.69, 9.17) is 0 Å². The highest BCUT2D eigenvalue weighted by molar-refractivity contribution is 5.94. The normalized spacial score (nSPS) is 19.4. The van der Waals surface area contributed by atoms with Gasteiger partial charge in [-0.2, -0.15) is 13.2 Å². The fourth-order valence-electron chi connectivity index (χ4n) is 2.88. The lowest BCUT2D eigenvalue weighted by Gasteiger charge is -2.12. The average Bonchev–Trinajstić information content (AvgIpc) is 3.25. The van der Waals surface area contributed by atoms with Crippen LogP contribution in [-0.2, 0) is 18.0 Å². The molecule has 1 fully saturated rings. The van der Waals surface area contributed by atoms with E-state index in [0.29, 0.717) is 12.1 Å². The number of carbonyl (C=O) groups is 2. The maximum atomic E-state index is 13.1. The van der Waals surface area contributed by atoms with Crippen LogP contribution in [-0.4, -0.2) is 16.4 Å². The van der Waals surface area contributed by atoms with Gasteiger partial charge in [0.05, 0.1) is 5.56 Å². The van der Waals surface area contributed by atoms with Crippen molar-refractivity contribution in [3.05, 3.63) is 59.4 Å². The Morgan fingerprint density at radius 3 is 2.48 bits per heavy atom. The minimum atomic E-state index is -4.46. The summed E-state index contributed by atoms with van der Waals surface area (Å²) in [5, 5.41) is 0. The summed E-state index contributed by atoms with van der Waals surface area (Å²) in [5.41, 5.74) is 4.32. The number of hydrogen-bond acceptors (Lipinski definition) is 2. The minimum Gasteiger partial charge on any atom is -0.347 e. The van der Waals surface area contributed by atoms with Crippen LogP contribution < -0.4 is 10.9 Å². The van der Waals surface area contributed by atoms with Gasteiger partial charge < -0.3 is 4.57 Å². The van der Waals surface area contributed by atoms with Crippen molar-refractivity contribution in [3.8, 4) is 0 Å². The largest absolute Gasteiger partial charge is 0.416 e. The van der Waals surface area contributed by atoms with Crippen molar-refractivity contribution < 1.29 is 22.8 Å². The number of halogens is 3. The van der Waals surface area contributed by atoms with Gasteiger partial charge in [0, 0.05) is 19.2 Å². The summed E-state index contributed by atoms with van der Waals surface area (Å²) < 4.78 is 40.7. The summed E-state index contributed by atoms with van der Waals surface area (Å²) in [6.45, 7) is 0. The number of nitrogens with one attached hydrogen (secondary N) is 2. The molecule has 3 rings (SSSR count). The van der Waals surface area contributed by atoms with Crippen LogP contribution in [0.4, 0.5) is 13.2 Å². The second-order valence-corrected chi connectivity index (χ2v) is 5.98. The van der Waals surface area contributed by atoms with Gasteiger partial charge >= 0.3 is 6.18 Å². The molecule has 8 heteroatoms. The summed E-state index contributed by atoms with van der Waals surface area (Å²) >= 11 is 0. The van der Waals surface area contributed by atoms with E-state index in [0.717, 1.165) is 6.07 Å². The van der Waals surface area contributed by atoms with E-state index < -0.39 is 35.4 Å².